The third-order valence-electron chi connectivity index (χ3n) is 7.69. The topological polar surface area (TPSA) is 103 Å². The normalized spacial score (nSPS) is 12.4. The summed E-state index contributed by atoms with van der Waals surface area (Å²) in [4.78, 5) is 37.9. The lowest BCUT2D eigenvalue weighted by atomic mass is 9.98. The Morgan fingerprint density at radius 3 is 1.85 bits per heavy atom. The van der Waals surface area contributed by atoms with Crippen molar-refractivity contribution in [2.75, 3.05) is 13.2 Å². The lowest BCUT2D eigenvalue weighted by Gasteiger charge is -2.19. The van der Waals surface area contributed by atoms with Gasteiger partial charge in [-0.05, 0) is 47.1 Å². The Balaban J connectivity index is 1.21. The molecule has 2 amide bonds. The molecule has 0 bridgehead atoms. The predicted molar refractivity (Wildman–Crippen MR) is 162 cm³/mol. The molecule has 4 aromatic rings. The van der Waals surface area contributed by atoms with E-state index in [2.05, 4.69) is 15.4 Å². The molecule has 0 fully saturated rings. The number of halogens is 5. The lowest BCUT2D eigenvalue weighted by Crippen LogP contribution is -2.44. The number of alkyl carbamates (subject to hydrolysis) is 2. The fraction of sp³-hybridized carbons (Fsp3) is 0.229. The zero-order chi connectivity index (χ0) is 34.2. The van der Waals surface area contributed by atoms with E-state index in [0.29, 0.717) is 0 Å². The molecule has 0 spiro atoms. The van der Waals surface area contributed by atoms with Crippen molar-refractivity contribution < 1.29 is 50.5 Å². The minimum Gasteiger partial charge on any atom is -0.449 e. The molecule has 5 rings (SSSR count). The summed E-state index contributed by atoms with van der Waals surface area (Å²) < 4.78 is 84.7. The van der Waals surface area contributed by atoms with E-state index in [-0.39, 0.29) is 44.9 Å². The highest BCUT2D eigenvalue weighted by Crippen LogP contribution is 2.44. The van der Waals surface area contributed by atoms with E-state index >= 15 is 0 Å². The second-order valence-electron chi connectivity index (χ2n) is 10.8. The first-order valence-corrected chi connectivity index (χ1v) is 14.9. The van der Waals surface area contributed by atoms with Gasteiger partial charge in [-0.2, -0.15) is 8.78 Å². The Morgan fingerprint density at radius 1 is 0.667 bits per heavy atom. The third-order valence-corrected chi connectivity index (χ3v) is 7.69. The van der Waals surface area contributed by atoms with Crippen molar-refractivity contribution in [2.45, 2.75) is 37.8 Å². The average molecular weight is 669 g/mol. The van der Waals surface area contributed by atoms with E-state index in [4.69, 9.17) is 9.47 Å². The summed E-state index contributed by atoms with van der Waals surface area (Å²) in [6, 6.07) is 22.5. The monoisotopic (exact) mass is 668 g/mol. The number of carbonyl (C=O) groups excluding carboxylic acids is 3. The van der Waals surface area contributed by atoms with Gasteiger partial charge in [0, 0.05) is 12.5 Å². The largest absolute Gasteiger partial charge is 0.449 e. The first-order chi connectivity index (χ1) is 23.2. The summed E-state index contributed by atoms with van der Waals surface area (Å²) >= 11 is 0. The molecule has 0 radical (unpaired) electrons. The highest BCUT2D eigenvalue weighted by atomic mass is 19.2. The maximum absolute atomic E-state index is 14.3. The Kier molecular flexibility index (Phi) is 10.9. The van der Waals surface area contributed by atoms with Crippen molar-refractivity contribution in [3.05, 3.63) is 125 Å². The summed E-state index contributed by atoms with van der Waals surface area (Å²) in [6.45, 7) is 0.00853. The van der Waals surface area contributed by atoms with E-state index in [1.807, 2.05) is 54.6 Å². The van der Waals surface area contributed by atoms with E-state index in [1.54, 1.807) is 24.3 Å². The van der Waals surface area contributed by atoms with Crippen LogP contribution >= 0.6 is 0 Å². The molecule has 1 aliphatic rings. The molecule has 2 N–H and O–H groups in total. The molecule has 0 aliphatic heterocycles. The molecule has 8 nitrogen and oxygen atoms in total. The Hall–Kier alpha value is -5.46. The van der Waals surface area contributed by atoms with E-state index in [9.17, 15) is 36.3 Å². The van der Waals surface area contributed by atoms with Gasteiger partial charge in [-0.3, -0.25) is 0 Å². The number of esters is 1. The van der Waals surface area contributed by atoms with Crippen LogP contribution in [0.4, 0.5) is 31.5 Å². The zero-order valence-corrected chi connectivity index (χ0v) is 25.2. The number of amides is 2. The van der Waals surface area contributed by atoms with Gasteiger partial charge in [0.2, 0.25) is 34.8 Å². The first-order valence-electron chi connectivity index (χ1n) is 14.9. The molecule has 4 aromatic carbocycles. The fourth-order valence-corrected chi connectivity index (χ4v) is 5.32. The van der Waals surface area contributed by atoms with E-state index < -0.39 is 59.0 Å². The highest BCUT2D eigenvalue weighted by molar-refractivity contribution is 5.83. The molecule has 0 heterocycles. The molecule has 48 heavy (non-hydrogen) atoms. The summed E-state index contributed by atoms with van der Waals surface area (Å²) in [7, 11) is 0. The van der Waals surface area contributed by atoms with Crippen LogP contribution < -0.4 is 15.4 Å². The van der Waals surface area contributed by atoms with Crippen molar-refractivity contribution in [3.63, 3.8) is 0 Å². The van der Waals surface area contributed by atoms with Gasteiger partial charge < -0.3 is 24.8 Å². The fourth-order valence-electron chi connectivity index (χ4n) is 5.32. The summed E-state index contributed by atoms with van der Waals surface area (Å²) in [6.07, 6.45) is -1.60. The van der Waals surface area contributed by atoms with Gasteiger partial charge in [0.15, 0.2) is 0 Å². The Morgan fingerprint density at radius 2 is 1.23 bits per heavy atom. The smallest absolute Gasteiger partial charge is 0.407 e. The molecule has 0 aromatic heterocycles. The van der Waals surface area contributed by atoms with Crippen molar-refractivity contribution in [1.82, 2.24) is 10.6 Å². The molecule has 0 unspecified atom stereocenters. The summed E-state index contributed by atoms with van der Waals surface area (Å²) in [5, 5.41) is 4.80. The predicted octanol–water partition coefficient (Wildman–Crippen LogP) is 7.29. The standard InChI is InChI=1S/C35H29F5N2O6/c36-27-28(37)30(39)32(31(40)29(27)38)48-33(43)26(16-8-9-17-41-34(44)46-18-20-10-2-1-3-11-20)42-35(45)47-19-25-23-14-6-4-12-21(23)22-13-5-7-15-24(22)25/h1-7,10-15,25-26H,8-9,16-19H2,(H,41,44)(H,42,45)/t26-/m0/s1. The van der Waals surface area contributed by atoms with Crippen LogP contribution in [0.15, 0.2) is 78.9 Å². The first kappa shape index (κ1) is 33.9. The molecule has 1 atom stereocenters. The SMILES string of the molecule is O=C(NCCCC[C@H](NC(=O)OCC1c2ccccc2-c2ccccc21)C(=O)Oc1c(F)c(F)c(F)c(F)c1F)OCc1ccccc1. The minimum absolute atomic E-state index is 0.0440. The third kappa shape index (κ3) is 7.73. The number of ether oxygens (including phenoxy) is 3. The number of rotatable bonds is 12. The number of fused-ring (bicyclic) bond motifs is 3. The highest BCUT2D eigenvalue weighted by Gasteiger charge is 2.33. The summed E-state index contributed by atoms with van der Waals surface area (Å²) in [5.41, 5.74) is 4.57. The van der Waals surface area contributed by atoms with Gasteiger partial charge >= 0.3 is 18.2 Å². The quantitative estimate of drug-likeness (QED) is 0.0411. The van der Waals surface area contributed by atoms with Gasteiger partial charge in [0.05, 0.1) is 0 Å². The number of unbranched alkanes of at least 4 members (excludes halogenated alkanes) is 1. The van der Waals surface area contributed by atoms with Crippen LogP contribution in [0.3, 0.4) is 0 Å². The molecule has 0 saturated heterocycles. The van der Waals surface area contributed by atoms with Gasteiger partial charge in [-0.25, -0.2) is 27.6 Å². The Bertz CT molecular complexity index is 1730. The number of benzene rings is 4. The molecule has 250 valence electrons. The van der Waals surface area contributed by atoms with Crippen LogP contribution in [-0.4, -0.2) is 37.3 Å². The molecular formula is C35H29F5N2O6. The lowest BCUT2D eigenvalue weighted by molar-refractivity contribution is -0.137. The molecule has 0 saturated carbocycles. The van der Waals surface area contributed by atoms with Crippen molar-refractivity contribution in [1.29, 1.82) is 0 Å². The second kappa shape index (κ2) is 15.4. The molecule has 1 aliphatic carbocycles. The molecule has 13 heteroatoms. The molecular weight excluding hydrogens is 639 g/mol. The van der Waals surface area contributed by atoms with Crippen LogP contribution in [0.2, 0.25) is 0 Å². The van der Waals surface area contributed by atoms with Gasteiger partial charge in [0.25, 0.3) is 0 Å². The van der Waals surface area contributed by atoms with Gasteiger partial charge in [0.1, 0.15) is 19.3 Å². The number of carbonyl (C=O) groups is 3. The minimum atomic E-state index is -2.42. The van der Waals surface area contributed by atoms with Crippen LogP contribution in [0.5, 0.6) is 5.75 Å². The van der Waals surface area contributed by atoms with Crippen molar-refractivity contribution >= 4 is 18.2 Å². The number of nitrogens with one attached hydrogen (secondary N) is 2. The maximum atomic E-state index is 14.3. The average Bonchev–Trinajstić information content (AvgIpc) is 3.43. The van der Waals surface area contributed by atoms with Crippen LogP contribution in [-0.2, 0) is 20.9 Å². The summed E-state index contributed by atoms with van der Waals surface area (Å²) in [5.74, 6) is -15.4. The van der Waals surface area contributed by atoms with Gasteiger partial charge in [-0.1, -0.05) is 78.9 Å². The number of hydrogen-bond acceptors (Lipinski definition) is 6. The van der Waals surface area contributed by atoms with Crippen molar-refractivity contribution in [3.8, 4) is 16.9 Å². The Labute approximate surface area is 271 Å². The van der Waals surface area contributed by atoms with Crippen LogP contribution in [0.25, 0.3) is 11.1 Å². The van der Waals surface area contributed by atoms with Crippen LogP contribution in [0.1, 0.15) is 41.9 Å². The van der Waals surface area contributed by atoms with Crippen LogP contribution in [0, 0.1) is 29.1 Å². The zero-order valence-electron chi connectivity index (χ0n) is 25.2. The van der Waals surface area contributed by atoms with E-state index in [1.165, 1.54) is 0 Å². The second-order valence-corrected chi connectivity index (χ2v) is 10.8. The number of hydrogen-bond donors (Lipinski definition) is 2. The maximum Gasteiger partial charge on any atom is 0.407 e. The van der Waals surface area contributed by atoms with Crippen molar-refractivity contribution in [2.24, 2.45) is 0 Å². The van der Waals surface area contributed by atoms with E-state index in [0.717, 1.165) is 27.8 Å². The van der Waals surface area contributed by atoms with Gasteiger partial charge in [-0.15, -0.1) is 0 Å².